The lowest BCUT2D eigenvalue weighted by Gasteiger charge is -2.28. The molecule has 0 spiro atoms. The molecular formula is C48H80N4O11. The molecule has 2 saturated heterocycles. The second-order valence-electron chi connectivity index (χ2n) is 18.9. The number of hydrogen-bond acceptors (Lipinski definition) is 13. The summed E-state index contributed by atoms with van der Waals surface area (Å²) in [5.41, 5.74) is 6.38. The molecule has 2 unspecified atom stereocenters. The van der Waals surface area contributed by atoms with Gasteiger partial charge in [-0.15, -0.1) is 0 Å². The smallest absolute Gasteiger partial charge is 0.407 e. The second-order valence-corrected chi connectivity index (χ2v) is 18.9. The first-order valence-corrected chi connectivity index (χ1v) is 22.4. The number of aldehydes is 1. The lowest BCUT2D eigenvalue weighted by Crippen LogP contribution is -2.50. The number of alkyl carbamates (subject to hydrolysis) is 2. The third kappa shape index (κ3) is 24.8. The van der Waals surface area contributed by atoms with E-state index in [4.69, 9.17) is 34.2 Å². The number of ether oxygens (including phenoxy) is 6. The fourth-order valence-corrected chi connectivity index (χ4v) is 6.58. The highest BCUT2D eigenvalue weighted by Gasteiger charge is 2.32. The molecule has 2 heterocycles. The van der Waals surface area contributed by atoms with Crippen LogP contribution >= 0.6 is 0 Å². The summed E-state index contributed by atoms with van der Waals surface area (Å²) in [4.78, 5) is 34.4. The van der Waals surface area contributed by atoms with Crippen LogP contribution in [0.25, 0.3) is 0 Å². The highest BCUT2D eigenvalue weighted by atomic mass is 16.7. The molecule has 358 valence electrons. The zero-order valence-corrected chi connectivity index (χ0v) is 39.7. The summed E-state index contributed by atoms with van der Waals surface area (Å²) >= 11 is 0. The van der Waals surface area contributed by atoms with Gasteiger partial charge >= 0.3 is 12.2 Å². The largest absolute Gasteiger partial charge is 0.444 e. The van der Waals surface area contributed by atoms with Crippen LogP contribution in [0.3, 0.4) is 0 Å². The molecule has 2 aliphatic heterocycles. The van der Waals surface area contributed by atoms with Gasteiger partial charge in [-0.2, -0.15) is 0 Å². The van der Waals surface area contributed by atoms with Crippen LogP contribution in [0.5, 0.6) is 0 Å². The summed E-state index contributed by atoms with van der Waals surface area (Å²) in [7, 11) is 0. The number of aliphatic hydroxyl groups is 2. The quantitative estimate of drug-likeness (QED) is 0.0837. The van der Waals surface area contributed by atoms with Gasteiger partial charge in [0.25, 0.3) is 0 Å². The van der Waals surface area contributed by atoms with Gasteiger partial charge in [-0.1, -0.05) is 74.5 Å². The van der Waals surface area contributed by atoms with Crippen LogP contribution in [-0.2, 0) is 46.1 Å². The monoisotopic (exact) mass is 889 g/mol. The van der Waals surface area contributed by atoms with E-state index in [-0.39, 0.29) is 12.5 Å². The Kier molecular flexibility index (Phi) is 24.3. The van der Waals surface area contributed by atoms with E-state index in [0.717, 1.165) is 49.6 Å². The summed E-state index contributed by atoms with van der Waals surface area (Å²) in [6.45, 7) is 22.7. The summed E-state index contributed by atoms with van der Waals surface area (Å²) in [5.74, 6) is -0.388. The van der Waals surface area contributed by atoms with Crippen molar-refractivity contribution in [2.24, 2.45) is 17.6 Å². The molecule has 15 heteroatoms. The van der Waals surface area contributed by atoms with Crippen LogP contribution in [0.1, 0.15) is 106 Å². The van der Waals surface area contributed by atoms with Crippen molar-refractivity contribution in [2.45, 2.75) is 155 Å². The SMILES string of the molecule is CC(C)(C)OC(=O)N[C@@H](Cc1ccccc1)[C@H](O)CN.CC(C=O)CCC1(C)OCCO1.CC(CCC1(C)OCCO1)CNC[C@@H](O)[C@H](Cc1ccccc1)NC(=O)OC(C)(C)C. The molecule has 63 heavy (non-hydrogen) atoms. The Labute approximate surface area is 376 Å². The molecule has 2 aromatic carbocycles. The highest BCUT2D eigenvalue weighted by Crippen LogP contribution is 2.27. The van der Waals surface area contributed by atoms with Crippen LogP contribution in [0.4, 0.5) is 9.59 Å². The molecule has 2 aromatic rings. The third-order valence-corrected chi connectivity index (χ3v) is 10.2. The summed E-state index contributed by atoms with van der Waals surface area (Å²) in [5, 5.41) is 29.6. The first-order valence-electron chi connectivity index (χ1n) is 22.4. The van der Waals surface area contributed by atoms with Gasteiger partial charge in [0.15, 0.2) is 11.6 Å². The molecule has 15 nitrogen and oxygen atoms in total. The predicted octanol–water partition coefficient (Wildman–Crippen LogP) is 6.06. The Balaban J connectivity index is 0.000000363. The van der Waals surface area contributed by atoms with Crippen LogP contribution in [0.15, 0.2) is 60.7 Å². The van der Waals surface area contributed by atoms with Gasteiger partial charge in [0.2, 0.25) is 0 Å². The van der Waals surface area contributed by atoms with Crippen molar-refractivity contribution in [3.63, 3.8) is 0 Å². The van der Waals surface area contributed by atoms with Gasteiger partial charge in [-0.25, -0.2) is 9.59 Å². The van der Waals surface area contributed by atoms with Crippen LogP contribution in [0, 0.1) is 11.8 Å². The van der Waals surface area contributed by atoms with Gasteiger partial charge < -0.3 is 65.1 Å². The molecular weight excluding hydrogens is 809 g/mol. The van der Waals surface area contributed by atoms with Crippen molar-refractivity contribution >= 4 is 18.5 Å². The maximum absolute atomic E-state index is 12.3. The van der Waals surface area contributed by atoms with Gasteiger partial charge in [0.05, 0.1) is 50.7 Å². The van der Waals surface area contributed by atoms with Crippen molar-refractivity contribution in [1.82, 2.24) is 16.0 Å². The van der Waals surface area contributed by atoms with Crippen LogP contribution < -0.4 is 21.7 Å². The van der Waals surface area contributed by atoms with Crippen molar-refractivity contribution < 1.29 is 53.0 Å². The number of carbonyl (C=O) groups is 3. The molecule has 4 rings (SSSR count). The maximum Gasteiger partial charge on any atom is 0.407 e. The molecule has 2 fully saturated rings. The number of aliphatic hydroxyl groups excluding tert-OH is 2. The summed E-state index contributed by atoms with van der Waals surface area (Å²) < 4.78 is 32.7. The summed E-state index contributed by atoms with van der Waals surface area (Å²) in [6, 6.07) is 18.5. The first-order chi connectivity index (χ1) is 29.5. The minimum absolute atomic E-state index is 0.0767. The van der Waals surface area contributed by atoms with Gasteiger partial charge in [0.1, 0.15) is 17.5 Å². The lowest BCUT2D eigenvalue weighted by molar-refractivity contribution is -0.149. The molecule has 2 amide bonds. The Morgan fingerprint density at radius 1 is 0.698 bits per heavy atom. The predicted molar refractivity (Wildman–Crippen MR) is 244 cm³/mol. The minimum atomic E-state index is -0.817. The van der Waals surface area contributed by atoms with E-state index >= 15 is 0 Å². The van der Waals surface area contributed by atoms with Crippen molar-refractivity contribution in [3.8, 4) is 0 Å². The maximum atomic E-state index is 12.3. The van der Waals surface area contributed by atoms with Gasteiger partial charge in [-0.05, 0) is 105 Å². The number of hydrogen-bond donors (Lipinski definition) is 6. The molecule has 0 radical (unpaired) electrons. The fourth-order valence-electron chi connectivity index (χ4n) is 6.58. The number of nitrogens with two attached hydrogens (primary N) is 1. The van der Waals surface area contributed by atoms with E-state index in [2.05, 4.69) is 22.9 Å². The fraction of sp³-hybridized carbons (Fsp3) is 0.688. The number of rotatable bonds is 20. The Bertz CT molecular complexity index is 1560. The van der Waals surface area contributed by atoms with Crippen molar-refractivity contribution in [2.75, 3.05) is 46.1 Å². The number of carbonyl (C=O) groups excluding carboxylic acids is 3. The molecule has 0 bridgehead atoms. The molecule has 6 atom stereocenters. The molecule has 7 N–H and O–H groups in total. The Hall–Kier alpha value is -3.67. The molecule has 2 aliphatic rings. The van der Waals surface area contributed by atoms with Crippen molar-refractivity contribution in [3.05, 3.63) is 71.8 Å². The molecule has 0 aromatic heterocycles. The molecule has 0 aliphatic carbocycles. The average molecular weight is 889 g/mol. The van der Waals surface area contributed by atoms with Crippen molar-refractivity contribution in [1.29, 1.82) is 0 Å². The first kappa shape index (κ1) is 55.5. The van der Waals surface area contributed by atoms with E-state index in [0.29, 0.717) is 51.7 Å². The normalized spacial score (nSPS) is 18.4. The zero-order chi connectivity index (χ0) is 47.1. The standard InChI is InChI=1S/C24H40N2O5.C15H24N2O3.C9H16O3/c1-18(11-12-24(5)29-13-14-30-24)16-25-17-21(27)20(15-19-9-7-6-8-10-19)26-22(28)31-23(2,3)4;1-15(2,3)20-14(19)17-12(13(18)10-16)9-11-7-5-4-6-8-11;1-8(7-10)3-4-9(2)11-5-6-12-9/h6-10,18,20-21,25,27H,11-17H2,1-5H3,(H,26,28);4-8,12-13,18H,9-10,16H2,1-3H3,(H,17,19);7-8H,3-6H2,1-2H3/t18?,20-,21+;12-,13+;/m00./s1. The Morgan fingerprint density at radius 2 is 1.10 bits per heavy atom. The zero-order valence-electron chi connectivity index (χ0n) is 39.7. The molecule has 0 saturated carbocycles. The average Bonchev–Trinajstić information content (AvgIpc) is 3.86. The topological polar surface area (TPSA) is 209 Å². The van der Waals surface area contributed by atoms with E-state index in [1.54, 1.807) is 20.8 Å². The van der Waals surface area contributed by atoms with Gasteiger partial charge in [-0.3, -0.25) is 0 Å². The number of benzene rings is 2. The minimum Gasteiger partial charge on any atom is -0.444 e. The Morgan fingerprint density at radius 3 is 1.48 bits per heavy atom. The van der Waals surface area contributed by atoms with E-state index < -0.39 is 59.3 Å². The second kappa shape index (κ2) is 27.6. The third-order valence-electron chi connectivity index (χ3n) is 10.2. The highest BCUT2D eigenvalue weighted by molar-refractivity contribution is 5.68. The van der Waals surface area contributed by atoms with Crippen LogP contribution in [-0.4, -0.2) is 122 Å². The number of amides is 2. The van der Waals surface area contributed by atoms with Crippen LogP contribution in [0.2, 0.25) is 0 Å². The summed E-state index contributed by atoms with van der Waals surface area (Å²) in [6.07, 6.45) is 2.78. The van der Waals surface area contributed by atoms with E-state index in [1.807, 2.05) is 102 Å². The van der Waals surface area contributed by atoms with E-state index in [1.165, 1.54) is 0 Å². The number of nitrogens with one attached hydrogen (secondary N) is 3. The van der Waals surface area contributed by atoms with E-state index in [9.17, 15) is 24.6 Å². The van der Waals surface area contributed by atoms with Gasteiger partial charge in [0, 0.05) is 31.8 Å². The lowest BCUT2D eigenvalue weighted by atomic mass is 10.00.